The molecule has 1 heterocycles. The van der Waals surface area contributed by atoms with E-state index >= 15 is 0 Å². The number of rotatable bonds is 3. The van der Waals surface area contributed by atoms with Gasteiger partial charge < -0.3 is 4.84 Å². The minimum atomic E-state index is 0.455. The van der Waals surface area contributed by atoms with E-state index in [2.05, 4.69) is 12.1 Å². The van der Waals surface area contributed by atoms with Crippen molar-refractivity contribution in [3.63, 3.8) is 0 Å². The zero-order chi connectivity index (χ0) is 8.39. The standard InChI is InChI=1S/C10H17NO/c1-2-3-6-9-8-5-4-7-10(8)12-11-9/h8,10H,2-7H2,1H3. The summed E-state index contributed by atoms with van der Waals surface area (Å²) in [6, 6.07) is 0. The van der Waals surface area contributed by atoms with Gasteiger partial charge in [0.05, 0.1) is 5.71 Å². The molecule has 2 aliphatic rings. The van der Waals surface area contributed by atoms with Crippen LogP contribution >= 0.6 is 0 Å². The molecule has 68 valence electrons. The Balaban J connectivity index is 1.89. The van der Waals surface area contributed by atoms with Crippen molar-refractivity contribution >= 4 is 5.71 Å². The number of oxime groups is 1. The van der Waals surface area contributed by atoms with Crippen molar-refractivity contribution in [1.29, 1.82) is 0 Å². The Labute approximate surface area is 74.0 Å². The lowest BCUT2D eigenvalue weighted by molar-refractivity contribution is 0.0746. The topological polar surface area (TPSA) is 21.6 Å². The number of hydrogen-bond acceptors (Lipinski definition) is 2. The van der Waals surface area contributed by atoms with Crippen LogP contribution in [0.4, 0.5) is 0 Å². The summed E-state index contributed by atoms with van der Waals surface area (Å²) < 4.78 is 0. The van der Waals surface area contributed by atoms with Gasteiger partial charge in [-0.25, -0.2) is 0 Å². The molecule has 0 spiro atoms. The van der Waals surface area contributed by atoms with Crippen LogP contribution in [0.5, 0.6) is 0 Å². The van der Waals surface area contributed by atoms with Crippen LogP contribution in [0.1, 0.15) is 45.4 Å². The van der Waals surface area contributed by atoms with E-state index in [1.807, 2.05) is 0 Å². The molecule has 2 atom stereocenters. The number of nitrogens with zero attached hydrogens (tertiary/aromatic N) is 1. The van der Waals surface area contributed by atoms with Gasteiger partial charge in [0.15, 0.2) is 0 Å². The third kappa shape index (κ3) is 1.35. The molecule has 1 aliphatic heterocycles. The van der Waals surface area contributed by atoms with Gasteiger partial charge in [-0.3, -0.25) is 0 Å². The fraction of sp³-hybridized carbons (Fsp3) is 0.900. The Morgan fingerprint density at radius 3 is 3.25 bits per heavy atom. The molecular formula is C10H17NO. The van der Waals surface area contributed by atoms with Crippen molar-refractivity contribution < 1.29 is 4.84 Å². The van der Waals surface area contributed by atoms with Crippen LogP contribution in [0.3, 0.4) is 0 Å². The maximum Gasteiger partial charge on any atom is 0.135 e. The molecule has 12 heavy (non-hydrogen) atoms. The van der Waals surface area contributed by atoms with Gasteiger partial charge in [-0.15, -0.1) is 0 Å². The SMILES string of the molecule is CCCCC1=NOC2CCCC12. The van der Waals surface area contributed by atoms with Crippen molar-refractivity contribution in [2.45, 2.75) is 51.6 Å². The summed E-state index contributed by atoms with van der Waals surface area (Å²) in [5, 5.41) is 4.17. The number of fused-ring (bicyclic) bond motifs is 1. The van der Waals surface area contributed by atoms with Gasteiger partial charge in [-0.1, -0.05) is 18.5 Å². The second kappa shape index (κ2) is 3.46. The van der Waals surface area contributed by atoms with Crippen molar-refractivity contribution in [2.75, 3.05) is 0 Å². The van der Waals surface area contributed by atoms with Crippen molar-refractivity contribution in [3.05, 3.63) is 0 Å². The maximum atomic E-state index is 5.37. The molecule has 0 saturated heterocycles. The summed E-state index contributed by atoms with van der Waals surface area (Å²) in [4.78, 5) is 5.37. The van der Waals surface area contributed by atoms with E-state index in [0.29, 0.717) is 12.0 Å². The van der Waals surface area contributed by atoms with Crippen LogP contribution in [0.15, 0.2) is 5.16 Å². The van der Waals surface area contributed by atoms with E-state index in [9.17, 15) is 0 Å². The number of unbranched alkanes of at least 4 members (excludes halogenated alkanes) is 1. The molecule has 0 bridgehead atoms. The largest absolute Gasteiger partial charge is 0.392 e. The smallest absolute Gasteiger partial charge is 0.135 e. The first-order valence-corrected chi connectivity index (χ1v) is 5.14. The quantitative estimate of drug-likeness (QED) is 0.633. The molecule has 0 N–H and O–H groups in total. The molecule has 1 aliphatic carbocycles. The highest BCUT2D eigenvalue weighted by molar-refractivity contribution is 5.88. The molecule has 0 radical (unpaired) electrons. The predicted octanol–water partition coefficient (Wildman–Crippen LogP) is 2.73. The highest BCUT2D eigenvalue weighted by atomic mass is 16.6. The molecule has 1 fully saturated rings. The molecule has 2 nitrogen and oxygen atoms in total. The van der Waals surface area contributed by atoms with Crippen LogP contribution in [0.25, 0.3) is 0 Å². The molecule has 0 aromatic heterocycles. The Morgan fingerprint density at radius 2 is 2.42 bits per heavy atom. The van der Waals surface area contributed by atoms with Crippen LogP contribution in [0.2, 0.25) is 0 Å². The lowest BCUT2D eigenvalue weighted by atomic mass is 9.96. The summed E-state index contributed by atoms with van der Waals surface area (Å²) >= 11 is 0. The lowest BCUT2D eigenvalue weighted by Crippen LogP contribution is -2.16. The minimum absolute atomic E-state index is 0.455. The van der Waals surface area contributed by atoms with Gasteiger partial charge in [0.1, 0.15) is 6.10 Å². The zero-order valence-electron chi connectivity index (χ0n) is 7.75. The summed E-state index contributed by atoms with van der Waals surface area (Å²) in [5.41, 5.74) is 1.35. The van der Waals surface area contributed by atoms with Crippen molar-refractivity contribution in [3.8, 4) is 0 Å². The maximum absolute atomic E-state index is 5.37. The number of hydrogen-bond donors (Lipinski definition) is 0. The summed E-state index contributed by atoms with van der Waals surface area (Å²) in [6.07, 6.45) is 8.02. The van der Waals surface area contributed by atoms with Crippen molar-refractivity contribution in [2.24, 2.45) is 11.1 Å². The van der Waals surface area contributed by atoms with E-state index in [0.717, 1.165) is 6.42 Å². The highest BCUT2D eigenvalue weighted by Gasteiger charge is 2.37. The fourth-order valence-electron chi connectivity index (χ4n) is 2.23. The second-order valence-electron chi connectivity index (χ2n) is 3.87. The average Bonchev–Trinajstić information content (AvgIpc) is 2.62. The third-order valence-electron chi connectivity index (χ3n) is 2.97. The fourth-order valence-corrected chi connectivity index (χ4v) is 2.23. The van der Waals surface area contributed by atoms with E-state index in [1.54, 1.807) is 0 Å². The minimum Gasteiger partial charge on any atom is -0.392 e. The van der Waals surface area contributed by atoms with Gasteiger partial charge >= 0.3 is 0 Å². The normalized spacial score (nSPS) is 32.9. The lowest BCUT2D eigenvalue weighted by Gasteiger charge is -2.07. The first-order chi connectivity index (χ1) is 5.92. The van der Waals surface area contributed by atoms with Crippen LogP contribution in [-0.4, -0.2) is 11.8 Å². The van der Waals surface area contributed by atoms with E-state index < -0.39 is 0 Å². The van der Waals surface area contributed by atoms with Gasteiger partial charge in [-0.2, -0.15) is 0 Å². The first kappa shape index (κ1) is 8.09. The molecule has 2 unspecified atom stereocenters. The van der Waals surface area contributed by atoms with Gasteiger partial charge in [0, 0.05) is 5.92 Å². The summed E-state index contributed by atoms with van der Waals surface area (Å²) in [7, 11) is 0. The monoisotopic (exact) mass is 167 g/mol. The summed E-state index contributed by atoms with van der Waals surface area (Å²) in [5.74, 6) is 0.691. The molecule has 2 rings (SSSR count). The van der Waals surface area contributed by atoms with Gasteiger partial charge in [0.25, 0.3) is 0 Å². The Hall–Kier alpha value is -0.530. The molecule has 1 saturated carbocycles. The Bertz CT molecular complexity index is 188. The Kier molecular flexibility index (Phi) is 2.33. The third-order valence-corrected chi connectivity index (χ3v) is 2.97. The predicted molar refractivity (Wildman–Crippen MR) is 49.2 cm³/mol. The van der Waals surface area contributed by atoms with E-state index in [1.165, 1.54) is 37.8 Å². The molecular weight excluding hydrogens is 150 g/mol. The highest BCUT2D eigenvalue weighted by Crippen LogP contribution is 2.35. The molecule has 0 aromatic rings. The van der Waals surface area contributed by atoms with Gasteiger partial charge in [-0.05, 0) is 32.1 Å². The molecule has 0 aromatic carbocycles. The van der Waals surface area contributed by atoms with Crippen LogP contribution < -0.4 is 0 Å². The van der Waals surface area contributed by atoms with E-state index in [4.69, 9.17) is 4.84 Å². The van der Waals surface area contributed by atoms with Crippen molar-refractivity contribution in [1.82, 2.24) is 0 Å². The average molecular weight is 167 g/mol. The molecule has 0 amide bonds. The van der Waals surface area contributed by atoms with Crippen LogP contribution in [-0.2, 0) is 4.84 Å². The van der Waals surface area contributed by atoms with E-state index in [-0.39, 0.29) is 0 Å². The second-order valence-corrected chi connectivity index (χ2v) is 3.87. The van der Waals surface area contributed by atoms with Gasteiger partial charge in [0.2, 0.25) is 0 Å². The summed E-state index contributed by atoms with van der Waals surface area (Å²) in [6.45, 7) is 2.22. The van der Waals surface area contributed by atoms with Crippen LogP contribution in [0, 0.1) is 5.92 Å². The molecule has 2 heteroatoms. The zero-order valence-corrected chi connectivity index (χ0v) is 7.75. The Morgan fingerprint density at radius 1 is 1.50 bits per heavy atom. The first-order valence-electron chi connectivity index (χ1n) is 5.14.